The Bertz CT molecular complexity index is 618. The molecular weight excluding hydrogens is 355 g/mol. The van der Waals surface area contributed by atoms with Crippen LogP contribution in [0.5, 0.6) is 0 Å². The highest BCUT2D eigenvalue weighted by Crippen LogP contribution is 2.17. The summed E-state index contributed by atoms with van der Waals surface area (Å²) in [6.07, 6.45) is 0. The number of guanidine groups is 1. The van der Waals surface area contributed by atoms with Crippen LogP contribution in [0.2, 0.25) is 0 Å². The summed E-state index contributed by atoms with van der Waals surface area (Å²) in [7, 11) is 0. The molecule has 156 valence electrons. The number of nitrogens with zero attached hydrogens (tertiary/aromatic N) is 5. The molecule has 6 nitrogen and oxygen atoms in total. The first-order valence-electron chi connectivity index (χ1n) is 10.5. The highest BCUT2D eigenvalue weighted by atomic mass is 19.1. The molecule has 3 rings (SSSR count). The quantitative estimate of drug-likeness (QED) is 0.590. The number of halogens is 1. The van der Waals surface area contributed by atoms with E-state index in [0.717, 1.165) is 64.6 Å². The van der Waals surface area contributed by atoms with E-state index in [2.05, 4.69) is 38.4 Å². The van der Waals surface area contributed by atoms with Gasteiger partial charge in [0, 0.05) is 71.1 Å². The van der Waals surface area contributed by atoms with E-state index in [1.54, 1.807) is 0 Å². The second-order valence-electron chi connectivity index (χ2n) is 7.99. The van der Waals surface area contributed by atoms with Crippen molar-refractivity contribution >= 4 is 11.6 Å². The Hall–Kier alpha value is -1.86. The fourth-order valence-electron chi connectivity index (χ4n) is 3.98. The third-order valence-corrected chi connectivity index (χ3v) is 5.84. The minimum Gasteiger partial charge on any atom is -0.370 e. The number of likely N-dealkylation sites (N-methyl/N-ethyl adjacent to an activating group) is 1. The van der Waals surface area contributed by atoms with Crippen LogP contribution in [0.4, 0.5) is 10.1 Å². The van der Waals surface area contributed by atoms with Crippen LogP contribution in [0.1, 0.15) is 13.8 Å². The summed E-state index contributed by atoms with van der Waals surface area (Å²) in [6, 6.07) is 6.71. The molecule has 0 spiro atoms. The molecule has 2 heterocycles. The van der Waals surface area contributed by atoms with Crippen molar-refractivity contribution in [3.8, 4) is 0 Å². The van der Waals surface area contributed by atoms with Crippen LogP contribution in [0.3, 0.4) is 0 Å². The van der Waals surface area contributed by atoms with Gasteiger partial charge in [0.05, 0.1) is 0 Å². The average Bonchev–Trinajstić information content (AvgIpc) is 2.73. The number of nitrogens with two attached hydrogens (primary N) is 1. The van der Waals surface area contributed by atoms with Gasteiger partial charge in [-0.25, -0.2) is 4.39 Å². The minimum atomic E-state index is -0.194. The van der Waals surface area contributed by atoms with Gasteiger partial charge < -0.3 is 25.3 Å². The minimum absolute atomic E-state index is 0.194. The summed E-state index contributed by atoms with van der Waals surface area (Å²) in [6.45, 7) is 15.6. The van der Waals surface area contributed by atoms with Crippen LogP contribution in [0.25, 0.3) is 0 Å². The molecule has 0 aromatic heterocycles. The monoisotopic (exact) mass is 390 g/mol. The molecule has 2 fully saturated rings. The van der Waals surface area contributed by atoms with Gasteiger partial charge in [0.2, 0.25) is 0 Å². The van der Waals surface area contributed by atoms with Crippen LogP contribution < -0.4 is 10.6 Å². The number of hydrogen-bond donors (Lipinski definition) is 1. The number of benzene rings is 1. The van der Waals surface area contributed by atoms with Gasteiger partial charge in [-0.1, -0.05) is 13.8 Å². The van der Waals surface area contributed by atoms with Crippen LogP contribution in [0, 0.1) is 11.7 Å². The molecule has 2 aliphatic heterocycles. The highest BCUT2D eigenvalue weighted by molar-refractivity contribution is 5.78. The Morgan fingerprint density at radius 1 is 1.00 bits per heavy atom. The van der Waals surface area contributed by atoms with Gasteiger partial charge in [-0.2, -0.15) is 0 Å². The Labute approximate surface area is 168 Å². The first kappa shape index (κ1) is 20.9. The molecule has 1 atom stereocenters. The number of rotatable bonds is 6. The standard InChI is InChI=1S/C21H35FN6/c1-3-25-8-10-26(11-9-25)17-18(2)16-24-21(23)28-14-12-27(13-15-28)20-6-4-19(22)5-7-20/h4-7,18H,3,8-17H2,1-2H3,(H2,23,24). The summed E-state index contributed by atoms with van der Waals surface area (Å²) in [5.41, 5.74) is 7.32. The maximum Gasteiger partial charge on any atom is 0.191 e. The normalized spacial score (nSPS) is 21.2. The van der Waals surface area contributed by atoms with E-state index in [1.165, 1.54) is 25.2 Å². The first-order chi connectivity index (χ1) is 13.5. The fourth-order valence-corrected chi connectivity index (χ4v) is 3.98. The number of aliphatic imine (C=N–C) groups is 1. The molecule has 28 heavy (non-hydrogen) atoms. The Kier molecular flexibility index (Phi) is 7.50. The molecule has 2 saturated heterocycles. The fraction of sp³-hybridized carbons (Fsp3) is 0.667. The molecule has 1 aromatic rings. The second kappa shape index (κ2) is 10.1. The van der Waals surface area contributed by atoms with Crippen LogP contribution in [0.15, 0.2) is 29.3 Å². The van der Waals surface area contributed by atoms with Crippen molar-refractivity contribution in [1.82, 2.24) is 14.7 Å². The molecular formula is C21H35FN6. The van der Waals surface area contributed by atoms with Crippen molar-refractivity contribution in [2.45, 2.75) is 13.8 Å². The van der Waals surface area contributed by atoms with E-state index < -0.39 is 0 Å². The molecule has 0 saturated carbocycles. The maximum absolute atomic E-state index is 13.1. The van der Waals surface area contributed by atoms with Crippen LogP contribution in [-0.2, 0) is 0 Å². The van der Waals surface area contributed by atoms with Crippen molar-refractivity contribution in [3.63, 3.8) is 0 Å². The van der Waals surface area contributed by atoms with Gasteiger partial charge in [0.15, 0.2) is 5.96 Å². The van der Waals surface area contributed by atoms with Crippen molar-refractivity contribution < 1.29 is 4.39 Å². The SMILES string of the molecule is CCN1CCN(CC(C)CN=C(N)N2CCN(c3ccc(F)cc3)CC2)CC1. The van der Waals surface area contributed by atoms with Crippen molar-refractivity contribution in [2.24, 2.45) is 16.6 Å². The molecule has 1 aromatic carbocycles. The van der Waals surface area contributed by atoms with E-state index in [0.29, 0.717) is 11.9 Å². The summed E-state index contributed by atoms with van der Waals surface area (Å²) < 4.78 is 13.1. The number of hydrogen-bond acceptors (Lipinski definition) is 4. The van der Waals surface area contributed by atoms with Gasteiger partial charge >= 0.3 is 0 Å². The lowest BCUT2D eigenvalue weighted by Gasteiger charge is -2.37. The van der Waals surface area contributed by atoms with Crippen molar-refractivity contribution in [2.75, 3.05) is 76.9 Å². The molecule has 2 N–H and O–H groups in total. The third kappa shape index (κ3) is 5.82. The molecule has 1 unspecified atom stereocenters. The Morgan fingerprint density at radius 3 is 2.21 bits per heavy atom. The summed E-state index contributed by atoms with van der Waals surface area (Å²) in [5, 5.41) is 0. The largest absolute Gasteiger partial charge is 0.370 e. The summed E-state index contributed by atoms with van der Waals surface area (Å²) >= 11 is 0. The van der Waals surface area contributed by atoms with E-state index in [-0.39, 0.29) is 5.82 Å². The number of piperazine rings is 2. The lowest BCUT2D eigenvalue weighted by Crippen LogP contribution is -2.51. The zero-order chi connectivity index (χ0) is 19.9. The smallest absolute Gasteiger partial charge is 0.191 e. The third-order valence-electron chi connectivity index (χ3n) is 5.84. The van der Waals surface area contributed by atoms with Crippen LogP contribution >= 0.6 is 0 Å². The van der Waals surface area contributed by atoms with Gasteiger partial charge in [0.1, 0.15) is 5.82 Å². The second-order valence-corrected chi connectivity index (χ2v) is 7.99. The van der Waals surface area contributed by atoms with Gasteiger partial charge in [-0.3, -0.25) is 4.99 Å². The topological polar surface area (TPSA) is 51.3 Å². The Morgan fingerprint density at radius 2 is 1.61 bits per heavy atom. The van der Waals surface area contributed by atoms with Crippen molar-refractivity contribution in [1.29, 1.82) is 0 Å². The van der Waals surface area contributed by atoms with Gasteiger partial charge in [0.25, 0.3) is 0 Å². The van der Waals surface area contributed by atoms with Crippen molar-refractivity contribution in [3.05, 3.63) is 30.1 Å². The predicted molar refractivity (Wildman–Crippen MR) is 114 cm³/mol. The van der Waals surface area contributed by atoms with Gasteiger partial charge in [-0.05, 0) is 36.7 Å². The molecule has 7 heteroatoms. The van der Waals surface area contributed by atoms with E-state index in [9.17, 15) is 4.39 Å². The molecule has 0 aliphatic carbocycles. The van der Waals surface area contributed by atoms with E-state index >= 15 is 0 Å². The molecule has 0 radical (unpaired) electrons. The van der Waals surface area contributed by atoms with Crippen LogP contribution in [-0.4, -0.2) is 92.7 Å². The van der Waals surface area contributed by atoms with E-state index in [1.807, 2.05) is 12.1 Å². The summed E-state index contributed by atoms with van der Waals surface area (Å²) in [5.74, 6) is 0.966. The summed E-state index contributed by atoms with van der Waals surface area (Å²) in [4.78, 5) is 14.1. The Balaban J connectivity index is 1.40. The molecule has 0 bridgehead atoms. The zero-order valence-electron chi connectivity index (χ0n) is 17.4. The van der Waals surface area contributed by atoms with Gasteiger partial charge in [-0.15, -0.1) is 0 Å². The van der Waals surface area contributed by atoms with E-state index in [4.69, 9.17) is 5.73 Å². The average molecular weight is 391 g/mol. The molecule has 2 aliphatic rings. The lowest BCUT2D eigenvalue weighted by molar-refractivity contribution is 0.125. The number of anilines is 1. The predicted octanol–water partition coefficient (Wildman–Crippen LogP) is 1.54. The zero-order valence-corrected chi connectivity index (χ0v) is 17.4. The highest BCUT2D eigenvalue weighted by Gasteiger charge is 2.20. The lowest BCUT2D eigenvalue weighted by atomic mass is 10.1. The maximum atomic E-state index is 13.1. The molecule has 0 amide bonds. The first-order valence-corrected chi connectivity index (χ1v) is 10.5.